The summed E-state index contributed by atoms with van der Waals surface area (Å²) in [5.41, 5.74) is 1.38. The second-order valence-corrected chi connectivity index (χ2v) is 4.19. The van der Waals surface area contributed by atoms with E-state index in [0.717, 1.165) is 0 Å². The zero-order valence-corrected chi connectivity index (χ0v) is 13.0. The van der Waals surface area contributed by atoms with E-state index in [1.54, 1.807) is 48.8 Å². The smallest absolute Gasteiger partial charge is 0.124 e. The molecule has 21 heavy (non-hydrogen) atoms. The number of aromatic hydroxyl groups is 2. The van der Waals surface area contributed by atoms with Gasteiger partial charge in [0.25, 0.3) is 0 Å². The molecule has 0 unspecified atom stereocenters. The van der Waals surface area contributed by atoms with Gasteiger partial charge in [-0.2, -0.15) is 0 Å². The van der Waals surface area contributed by atoms with Crippen LogP contribution in [0, 0.1) is 0 Å². The average Bonchev–Trinajstić information content (AvgIpc) is 2.46. The van der Waals surface area contributed by atoms with Gasteiger partial charge in [0.15, 0.2) is 0 Å². The molecule has 0 atom stereocenters. The number of hydrogen-bond donors (Lipinski definition) is 2. The van der Waals surface area contributed by atoms with E-state index in [9.17, 15) is 10.2 Å². The van der Waals surface area contributed by atoms with Crippen molar-refractivity contribution in [3.05, 3.63) is 59.7 Å². The Kier molecular flexibility index (Phi) is 7.44. The number of phenols is 2. The Morgan fingerprint density at radius 3 is 1.48 bits per heavy atom. The van der Waals surface area contributed by atoms with Crippen LogP contribution in [0.2, 0.25) is 0 Å². The van der Waals surface area contributed by atoms with Gasteiger partial charge < -0.3 is 10.2 Å². The van der Waals surface area contributed by atoms with E-state index < -0.39 is 0 Å². The third kappa shape index (κ3) is 5.54. The van der Waals surface area contributed by atoms with Crippen molar-refractivity contribution in [2.24, 2.45) is 9.98 Å². The summed E-state index contributed by atoms with van der Waals surface area (Å²) in [7, 11) is 0. The Bertz CT molecular complexity index is 572. The number of aliphatic imine (C=N–C) groups is 2. The first-order chi connectivity index (χ1) is 9.77. The van der Waals surface area contributed by atoms with E-state index in [4.69, 9.17) is 0 Å². The fourth-order valence-corrected chi connectivity index (χ4v) is 1.63. The maximum atomic E-state index is 9.54. The number of hydrogen-bond acceptors (Lipinski definition) is 4. The minimum absolute atomic E-state index is 0. The van der Waals surface area contributed by atoms with E-state index in [-0.39, 0.29) is 33.2 Å². The maximum Gasteiger partial charge on any atom is 0.124 e. The van der Waals surface area contributed by atoms with Crippen molar-refractivity contribution in [2.45, 2.75) is 0 Å². The summed E-state index contributed by atoms with van der Waals surface area (Å²) in [5, 5.41) is 19.1. The molecule has 0 fully saturated rings. The molecular formula is C16H16N2O2Ti. The summed E-state index contributed by atoms with van der Waals surface area (Å²) in [4.78, 5) is 8.39. The molecule has 0 aliphatic rings. The topological polar surface area (TPSA) is 65.2 Å². The predicted molar refractivity (Wildman–Crippen MR) is 81.1 cm³/mol. The molecule has 2 aromatic rings. The van der Waals surface area contributed by atoms with Crippen molar-refractivity contribution in [3.63, 3.8) is 0 Å². The van der Waals surface area contributed by atoms with Crippen LogP contribution in [0.3, 0.4) is 0 Å². The molecule has 0 aliphatic carbocycles. The second-order valence-electron chi connectivity index (χ2n) is 4.19. The first-order valence-electron chi connectivity index (χ1n) is 6.33. The van der Waals surface area contributed by atoms with Crippen molar-refractivity contribution >= 4 is 12.4 Å². The van der Waals surface area contributed by atoms with E-state index in [0.29, 0.717) is 24.2 Å². The van der Waals surface area contributed by atoms with Gasteiger partial charge in [-0.15, -0.1) is 0 Å². The van der Waals surface area contributed by atoms with Crippen LogP contribution in [0.4, 0.5) is 0 Å². The quantitative estimate of drug-likeness (QED) is 0.506. The Labute approximate surface area is 138 Å². The van der Waals surface area contributed by atoms with Gasteiger partial charge in [0.1, 0.15) is 11.5 Å². The molecule has 0 amide bonds. The van der Waals surface area contributed by atoms with Gasteiger partial charge in [-0.3, -0.25) is 9.98 Å². The first-order valence-corrected chi connectivity index (χ1v) is 6.33. The number of rotatable bonds is 5. The van der Waals surface area contributed by atoms with Crippen molar-refractivity contribution in [3.8, 4) is 11.5 Å². The van der Waals surface area contributed by atoms with Gasteiger partial charge >= 0.3 is 0 Å². The van der Waals surface area contributed by atoms with Crippen LogP contribution in [-0.2, 0) is 21.7 Å². The van der Waals surface area contributed by atoms with Crippen molar-refractivity contribution < 1.29 is 31.9 Å². The molecule has 0 radical (unpaired) electrons. The van der Waals surface area contributed by atoms with Crippen LogP contribution in [0.1, 0.15) is 11.1 Å². The molecular weight excluding hydrogens is 300 g/mol. The zero-order chi connectivity index (χ0) is 14.2. The fraction of sp³-hybridized carbons (Fsp3) is 0.125. The Morgan fingerprint density at radius 1 is 0.714 bits per heavy atom. The molecule has 0 saturated carbocycles. The zero-order valence-electron chi connectivity index (χ0n) is 11.5. The molecule has 0 saturated heterocycles. The fourth-order valence-electron chi connectivity index (χ4n) is 1.63. The van der Waals surface area contributed by atoms with E-state index >= 15 is 0 Å². The monoisotopic (exact) mass is 316 g/mol. The molecule has 0 aromatic heterocycles. The summed E-state index contributed by atoms with van der Waals surface area (Å²) in [6.07, 6.45) is 3.26. The Morgan fingerprint density at radius 2 is 1.10 bits per heavy atom. The van der Waals surface area contributed by atoms with E-state index in [2.05, 4.69) is 9.98 Å². The van der Waals surface area contributed by atoms with Gasteiger partial charge in [-0.25, -0.2) is 0 Å². The van der Waals surface area contributed by atoms with Crippen LogP contribution in [0.5, 0.6) is 11.5 Å². The van der Waals surface area contributed by atoms with Gasteiger partial charge in [0.2, 0.25) is 0 Å². The number of nitrogens with zero attached hydrogens (tertiary/aromatic N) is 2. The molecule has 2 aromatic carbocycles. The van der Waals surface area contributed by atoms with Crippen LogP contribution >= 0.6 is 0 Å². The second kappa shape index (κ2) is 9.11. The largest absolute Gasteiger partial charge is 0.507 e. The summed E-state index contributed by atoms with van der Waals surface area (Å²) in [6, 6.07) is 14.1. The molecule has 0 spiro atoms. The van der Waals surface area contributed by atoms with E-state index in [1.807, 2.05) is 12.1 Å². The van der Waals surface area contributed by atoms with E-state index in [1.165, 1.54) is 0 Å². The third-order valence-electron chi connectivity index (χ3n) is 2.69. The van der Waals surface area contributed by atoms with Crippen molar-refractivity contribution in [1.82, 2.24) is 0 Å². The summed E-state index contributed by atoms with van der Waals surface area (Å²) < 4.78 is 0. The van der Waals surface area contributed by atoms with Gasteiger partial charge in [0.05, 0.1) is 13.1 Å². The van der Waals surface area contributed by atoms with Gasteiger partial charge in [-0.1, -0.05) is 24.3 Å². The van der Waals surface area contributed by atoms with Crippen LogP contribution in [0.25, 0.3) is 0 Å². The Hall–Kier alpha value is -1.91. The SMILES string of the molecule is Oc1ccccc1/C=N/CC/N=C/c1ccccc1O.[Ti]. The third-order valence-corrected chi connectivity index (χ3v) is 2.69. The number of para-hydroxylation sites is 2. The van der Waals surface area contributed by atoms with Gasteiger partial charge in [0, 0.05) is 45.3 Å². The van der Waals surface area contributed by atoms with Crippen molar-refractivity contribution in [1.29, 1.82) is 0 Å². The molecule has 0 aliphatic heterocycles. The molecule has 5 heteroatoms. The summed E-state index contributed by atoms with van der Waals surface area (Å²) in [5.74, 6) is 0.433. The number of benzene rings is 2. The standard InChI is InChI=1S/C16H16N2O2.Ti/c19-15-7-3-1-5-13(15)11-17-9-10-18-12-14-6-2-4-8-16(14)20;/h1-8,11-12,19-20H,9-10H2;/b17-11+,18-12+;. The molecule has 2 rings (SSSR count). The summed E-state index contributed by atoms with van der Waals surface area (Å²) in [6.45, 7) is 1.05. The minimum atomic E-state index is 0. The van der Waals surface area contributed by atoms with Crippen LogP contribution in [0.15, 0.2) is 58.5 Å². The molecule has 4 nitrogen and oxygen atoms in total. The Balaban J connectivity index is 0.00000220. The van der Waals surface area contributed by atoms with Crippen LogP contribution < -0.4 is 0 Å². The van der Waals surface area contributed by atoms with Gasteiger partial charge in [-0.05, 0) is 24.3 Å². The van der Waals surface area contributed by atoms with Crippen LogP contribution in [-0.4, -0.2) is 35.7 Å². The molecule has 0 heterocycles. The maximum absolute atomic E-state index is 9.54. The predicted octanol–water partition coefficient (Wildman–Crippen LogP) is 2.63. The normalized spacial score (nSPS) is 10.9. The minimum Gasteiger partial charge on any atom is -0.507 e. The summed E-state index contributed by atoms with van der Waals surface area (Å²) >= 11 is 0. The molecule has 0 bridgehead atoms. The van der Waals surface area contributed by atoms with Crippen molar-refractivity contribution in [2.75, 3.05) is 13.1 Å². The average molecular weight is 316 g/mol. The molecule has 106 valence electrons. The number of phenolic OH excluding ortho intramolecular Hbond substituents is 2. The molecule has 2 N–H and O–H groups in total. The first kappa shape index (κ1) is 17.1.